The van der Waals surface area contributed by atoms with E-state index in [1.807, 2.05) is 86.6 Å². The molecule has 0 atom stereocenters. The Morgan fingerprint density at radius 1 is 0.548 bits per heavy atom. The van der Waals surface area contributed by atoms with Gasteiger partial charge in [-0.2, -0.15) is 16.8 Å². The standard InChI is InChI=1S/2C17H14O3S/c1-13-6-10-17(11-7-13)21(18,19)20-16-9-8-14-4-2-3-5-15(14)12-16;1-12-6-9-17(21(18,19)20)16(10-12)15-8-7-13-4-2-3-5-14(13)11-15/h2-12H,1H3;2-11H,1H3,(H,18,19,20). The quantitative estimate of drug-likeness (QED) is 0.160. The van der Waals surface area contributed by atoms with Gasteiger partial charge < -0.3 is 4.18 Å². The minimum atomic E-state index is -4.25. The molecule has 6 aromatic rings. The van der Waals surface area contributed by atoms with Crippen LogP contribution in [0.4, 0.5) is 0 Å². The summed E-state index contributed by atoms with van der Waals surface area (Å²) in [6.07, 6.45) is 0. The van der Waals surface area contributed by atoms with Crippen molar-refractivity contribution >= 4 is 41.8 Å². The summed E-state index contributed by atoms with van der Waals surface area (Å²) < 4.78 is 62.2. The maximum absolute atomic E-state index is 12.2. The number of hydrogen-bond acceptors (Lipinski definition) is 5. The van der Waals surface area contributed by atoms with Gasteiger partial charge >= 0.3 is 10.1 Å². The predicted octanol–water partition coefficient (Wildman–Crippen LogP) is 7.98. The molecule has 0 heterocycles. The summed E-state index contributed by atoms with van der Waals surface area (Å²) in [5.41, 5.74) is 3.22. The fourth-order valence-electron chi connectivity index (χ4n) is 4.55. The van der Waals surface area contributed by atoms with Gasteiger partial charge in [0.15, 0.2) is 0 Å². The van der Waals surface area contributed by atoms with Crippen LogP contribution in [-0.2, 0) is 20.2 Å². The zero-order chi connectivity index (χ0) is 29.9. The maximum atomic E-state index is 12.2. The van der Waals surface area contributed by atoms with Gasteiger partial charge in [0, 0.05) is 5.56 Å². The number of fused-ring (bicyclic) bond motifs is 2. The largest absolute Gasteiger partial charge is 0.379 e. The number of aryl methyl sites for hydroxylation is 2. The number of hydrogen-bond donors (Lipinski definition) is 1. The van der Waals surface area contributed by atoms with Crippen molar-refractivity contribution in [2.75, 3.05) is 0 Å². The van der Waals surface area contributed by atoms with Gasteiger partial charge in [-0.25, -0.2) is 0 Å². The average Bonchev–Trinajstić information content (AvgIpc) is 2.96. The van der Waals surface area contributed by atoms with Crippen molar-refractivity contribution in [2.45, 2.75) is 23.6 Å². The highest BCUT2D eigenvalue weighted by molar-refractivity contribution is 7.87. The molecule has 0 aliphatic rings. The summed E-state index contributed by atoms with van der Waals surface area (Å²) in [7, 11) is -8.05. The molecule has 6 nitrogen and oxygen atoms in total. The minimum absolute atomic E-state index is 0.0663. The van der Waals surface area contributed by atoms with E-state index < -0.39 is 20.2 Å². The van der Waals surface area contributed by atoms with Gasteiger partial charge in [-0.05, 0) is 77.4 Å². The van der Waals surface area contributed by atoms with Crippen LogP contribution in [0, 0.1) is 13.8 Å². The Hall–Kier alpha value is -4.50. The molecule has 1 N–H and O–H groups in total. The van der Waals surface area contributed by atoms with E-state index in [9.17, 15) is 21.4 Å². The van der Waals surface area contributed by atoms with E-state index in [2.05, 4.69) is 0 Å². The highest BCUT2D eigenvalue weighted by Crippen LogP contribution is 2.31. The second-order valence-electron chi connectivity index (χ2n) is 9.90. The molecule has 0 spiro atoms. The Bertz CT molecular complexity index is 2120. The zero-order valence-electron chi connectivity index (χ0n) is 22.9. The van der Waals surface area contributed by atoms with Gasteiger partial charge in [-0.3, -0.25) is 4.55 Å². The lowest BCUT2D eigenvalue weighted by Crippen LogP contribution is -2.09. The van der Waals surface area contributed by atoms with Gasteiger partial charge in [-0.15, -0.1) is 0 Å². The van der Waals surface area contributed by atoms with Crippen LogP contribution in [0.25, 0.3) is 32.7 Å². The van der Waals surface area contributed by atoms with Crippen LogP contribution in [-0.4, -0.2) is 21.4 Å². The summed E-state index contributed by atoms with van der Waals surface area (Å²) in [6.45, 7) is 3.79. The first kappa shape index (κ1) is 29.0. The van der Waals surface area contributed by atoms with Crippen molar-refractivity contribution in [1.29, 1.82) is 0 Å². The predicted molar refractivity (Wildman–Crippen MR) is 167 cm³/mol. The van der Waals surface area contributed by atoms with E-state index in [0.717, 1.165) is 38.2 Å². The molecule has 0 amide bonds. The van der Waals surface area contributed by atoms with Crippen LogP contribution < -0.4 is 4.18 Å². The molecule has 8 heteroatoms. The van der Waals surface area contributed by atoms with Crippen molar-refractivity contribution in [3.63, 3.8) is 0 Å². The van der Waals surface area contributed by atoms with E-state index in [0.29, 0.717) is 11.3 Å². The van der Waals surface area contributed by atoms with Crippen molar-refractivity contribution in [3.8, 4) is 16.9 Å². The highest BCUT2D eigenvalue weighted by atomic mass is 32.2. The SMILES string of the molecule is Cc1ccc(S(=O)(=O)O)c(-c2ccc3ccccc3c2)c1.Cc1ccc(S(=O)(=O)Oc2ccc3ccccc3c2)cc1. The third kappa shape index (κ3) is 6.69. The first-order valence-electron chi connectivity index (χ1n) is 13.1. The van der Waals surface area contributed by atoms with Crippen LogP contribution in [0.2, 0.25) is 0 Å². The first-order chi connectivity index (χ1) is 20.0. The summed E-state index contributed by atoms with van der Waals surface area (Å²) in [4.78, 5) is 0.0876. The molecule has 0 radical (unpaired) electrons. The minimum Gasteiger partial charge on any atom is -0.379 e. The van der Waals surface area contributed by atoms with Crippen LogP contribution in [0.3, 0.4) is 0 Å². The molecular weight excluding hydrogens is 569 g/mol. The molecule has 0 aliphatic carbocycles. The summed E-state index contributed by atoms with van der Waals surface area (Å²) in [5, 5.41) is 4.09. The van der Waals surface area contributed by atoms with E-state index >= 15 is 0 Å². The van der Waals surface area contributed by atoms with Crippen molar-refractivity contribution < 1.29 is 25.6 Å². The summed E-state index contributed by atoms with van der Waals surface area (Å²) >= 11 is 0. The normalized spacial score (nSPS) is 11.6. The fourth-order valence-corrected chi connectivity index (χ4v) is 6.17. The highest BCUT2D eigenvalue weighted by Gasteiger charge is 2.17. The van der Waals surface area contributed by atoms with Crippen LogP contribution >= 0.6 is 0 Å². The number of rotatable bonds is 5. The molecular formula is C34H28O6S2. The maximum Gasteiger partial charge on any atom is 0.339 e. The molecule has 6 aromatic carbocycles. The second-order valence-corrected chi connectivity index (χ2v) is 12.8. The number of benzene rings is 6. The molecule has 212 valence electrons. The Labute approximate surface area is 245 Å². The van der Waals surface area contributed by atoms with Crippen molar-refractivity contribution in [1.82, 2.24) is 0 Å². The van der Waals surface area contributed by atoms with E-state index in [1.54, 1.807) is 48.5 Å². The van der Waals surface area contributed by atoms with Crippen molar-refractivity contribution in [2.24, 2.45) is 0 Å². The van der Waals surface area contributed by atoms with Crippen LogP contribution in [0.15, 0.2) is 137 Å². The lowest BCUT2D eigenvalue weighted by atomic mass is 10.00. The molecule has 0 unspecified atom stereocenters. The molecule has 0 aliphatic heterocycles. The molecule has 0 bridgehead atoms. The summed E-state index contributed by atoms with van der Waals surface area (Å²) in [5.74, 6) is 0.314. The Balaban J connectivity index is 0.000000168. The second kappa shape index (κ2) is 11.8. The van der Waals surface area contributed by atoms with Crippen LogP contribution in [0.5, 0.6) is 5.75 Å². The molecule has 6 rings (SSSR count). The van der Waals surface area contributed by atoms with E-state index in [1.165, 1.54) is 6.07 Å². The third-order valence-corrected chi connectivity index (χ3v) is 8.88. The summed E-state index contributed by atoms with van der Waals surface area (Å²) in [6, 6.07) is 38.0. The van der Waals surface area contributed by atoms with E-state index in [-0.39, 0.29) is 9.79 Å². The van der Waals surface area contributed by atoms with Crippen LogP contribution in [0.1, 0.15) is 11.1 Å². The monoisotopic (exact) mass is 596 g/mol. The van der Waals surface area contributed by atoms with Gasteiger partial charge in [0.1, 0.15) is 15.5 Å². The third-order valence-electron chi connectivity index (χ3n) is 6.71. The Morgan fingerprint density at radius 3 is 1.71 bits per heavy atom. The Kier molecular flexibility index (Phi) is 8.13. The van der Waals surface area contributed by atoms with Gasteiger partial charge in [0.2, 0.25) is 0 Å². The molecule has 0 saturated heterocycles. The molecule has 0 aromatic heterocycles. The smallest absolute Gasteiger partial charge is 0.339 e. The Morgan fingerprint density at radius 2 is 1.10 bits per heavy atom. The van der Waals surface area contributed by atoms with Gasteiger partial charge in [0.25, 0.3) is 10.1 Å². The average molecular weight is 597 g/mol. The molecule has 42 heavy (non-hydrogen) atoms. The topological polar surface area (TPSA) is 97.7 Å². The van der Waals surface area contributed by atoms with Crippen molar-refractivity contribution in [3.05, 3.63) is 139 Å². The first-order valence-corrected chi connectivity index (χ1v) is 15.9. The van der Waals surface area contributed by atoms with E-state index in [4.69, 9.17) is 4.18 Å². The molecule has 0 saturated carbocycles. The fraction of sp³-hybridized carbons (Fsp3) is 0.0588. The van der Waals surface area contributed by atoms with Gasteiger partial charge in [0.05, 0.1) is 0 Å². The molecule has 0 fully saturated rings. The zero-order valence-corrected chi connectivity index (χ0v) is 24.6. The lowest BCUT2D eigenvalue weighted by molar-refractivity contribution is 0.482. The van der Waals surface area contributed by atoms with Gasteiger partial charge in [-0.1, -0.05) is 102 Å². The lowest BCUT2D eigenvalue weighted by Gasteiger charge is -2.10.